The fourth-order valence-electron chi connectivity index (χ4n) is 2.77. The van der Waals surface area contributed by atoms with E-state index >= 15 is 0 Å². The van der Waals surface area contributed by atoms with Gasteiger partial charge in [-0.15, -0.1) is 11.3 Å². The molecule has 2 aromatic carbocycles. The molecule has 0 saturated heterocycles. The number of hydrogen-bond donors (Lipinski definition) is 1. The van der Waals surface area contributed by atoms with E-state index in [1.165, 1.54) is 29.2 Å². The summed E-state index contributed by atoms with van der Waals surface area (Å²) in [4.78, 5) is 14.6. The zero-order chi connectivity index (χ0) is 20.6. The number of amides is 1. The number of halogens is 2. The molecule has 3 aromatic rings. The standard InChI is InChI=1S/C20H13Cl2NO3S3/c21-15-4-1-5-16(22)14(15)11-29(25,26)13-6-7-17-18(10-13)28-19(20(24)23-17)9-12-3-2-8-27-12/h1-10H,11H2,(H,23,24)/b19-9-. The number of hydrogen-bond acceptors (Lipinski definition) is 5. The molecule has 0 radical (unpaired) electrons. The minimum atomic E-state index is -3.69. The van der Waals surface area contributed by atoms with Crippen LogP contribution in [0.25, 0.3) is 6.08 Å². The fourth-order valence-corrected chi connectivity index (χ4v) is 6.68. The van der Waals surface area contributed by atoms with Gasteiger partial charge in [0.1, 0.15) is 0 Å². The van der Waals surface area contributed by atoms with E-state index in [0.29, 0.717) is 31.1 Å². The monoisotopic (exact) mass is 481 g/mol. The average Bonchev–Trinajstić information content (AvgIpc) is 3.18. The molecule has 2 heterocycles. The normalized spacial score (nSPS) is 15.2. The molecule has 0 bridgehead atoms. The Morgan fingerprint density at radius 2 is 1.79 bits per heavy atom. The SMILES string of the molecule is O=C1Nc2ccc(S(=O)(=O)Cc3c(Cl)cccc3Cl)cc2S/C1=C\c1cccs1. The van der Waals surface area contributed by atoms with Gasteiger partial charge in [0, 0.05) is 25.4 Å². The topological polar surface area (TPSA) is 63.2 Å². The largest absolute Gasteiger partial charge is 0.320 e. The molecule has 1 N–H and O–H groups in total. The molecule has 1 aliphatic rings. The highest BCUT2D eigenvalue weighted by atomic mass is 35.5. The van der Waals surface area contributed by atoms with Crippen molar-refractivity contribution < 1.29 is 13.2 Å². The van der Waals surface area contributed by atoms with E-state index < -0.39 is 9.84 Å². The summed E-state index contributed by atoms with van der Waals surface area (Å²) >= 11 is 15.0. The quantitative estimate of drug-likeness (QED) is 0.456. The number of anilines is 1. The Morgan fingerprint density at radius 1 is 1.03 bits per heavy atom. The number of rotatable bonds is 4. The van der Waals surface area contributed by atoms with Crippen molar-refractivity contribution in [3.05, 3.63) is 79.3 Å². The third kappa shape index (κ3) is 4.39. The summed E-state index contributed by atoms with van der Waals surface area (Å²) in [5, 5.41) is 5.35. The number of thioether (sulfide) groups is 1. The van der Waals surface area contributed by atoms with E-state index in [1.54, 1.807) is 36.4 Å². The molecule has 148 valence electrons. The lowest BCUT2D eigenvalue weighted by Crippen LogP contribution is -2.17. The van der Waals surface area contributed by atoms with Gasteiger partial charge in [-0.05, 0) is 47.9 Å². The Labute approximate surface area is 186 Å². The van der Waals surface area contributed by atoms with Crippen LogP contribution < -0.4 is 5.32 Å². The van der Waals surface area contributed by atoms with Gasteiger partial charge < -0.3 is 5.32 Å². The van der Waals surface area contributed by atoms with E-state index in [2.05, 4.69) is 5.32 Å². The number of benzene rings is 2. The van der Waals surface area contributed by atoms with Crippen LogP contribution in [0.15, 0.2) is 68.6 Å². The molecular weight excluding hydrogens is 469 g/mol. The van der Waals surface area contributed by atoms with Crippen molar-refractivity contribution in [1.29, 1.82) is 0 Å². The molecular formula is C20H13Cl2NO3S3. The van der Waals surface area contributed by atoms with Crippen molar-refractivity contribution in [3.8, 4) is 0 Å². The molecule has 0 aliphatic carbocycles. The van der Waals surface area contributed by atoms with Gasteiger partial charge in [0.05, 0.1) is 21.2 Å². The van der Waals surface area contributed by atoms with Gasteiger partial charge in [0.15, 0.2) is 9.84 Å². The number of fused-ring (bicyclic) bond motifs is 1. The van der Waals surface area contributed by atoms with Gasteiger partial charge in [-0.1, -0.05) is 47.1 Å². The zero-order valence-electron chi connectivity index (χ0n) is 14.7. The molecule has 0 fully saturated rings. The Bertz CT molecular complexity index is 1220. The maximum Gasteiger partial charge on any atom is 0.262 e. The van der Waals surface area contributed by atoms with Crippen molar-refractivity contribution in [2.75, 3.05) is 5.32 Å². The molecule has 29 heavy (non-hydrogen) atoms. The first-order chi connectivity index (χ1) is 13.8. The van der Waals surface area contributed by atoms with Gasteiger partial charge in [-0.25, -0.2) is 8.42 Å². The molecule has 1 amide bonds. The van der Waals surface area contributed by atoms with E-state index in [1.807, 2.05) is 17.5 Å². The van der Waals surface area contributed by atoms with E-state index in [4.69, 9.17) is 23.2 Å². The highest BCUT2D eigenvalue weighted by Gasteiger charge is 2.25. The molecule has 4 rings (SSSR count). The van der Waals surface area contributed by atoms with E-state index in [-0.39, 0.29) is 16.6 Å². The molecule has 1 aliphatic heterocycles. The van der Waals surface area contributed by atoms with Crippen LogP contribution in [0.5, 0.6) is 0 Å². The van der Waals surface area contributed by atoms with Gasteiger partial charge >= 0.3 is 0 Å². The highest BCUT2D eigenvalue weighted by molar-refractivity contribution is 8.04. The number of sulfone groups is 1. The second kappa shape index (κ2) is 8.16. The zero-order valence-corrected chi connectivity index (χ0v) is 18.6. The van der Waals surface area contributed by atoms with Crippen LogP contribution >= 0.6 is 46.3 Å². The van der Waals surface area contributed by atoms with E-state index in [0.717, 1.165) is 4.88 Å². The highest BCUT2D eigenvalue weighted by Crippen LogP contribution is 2.41. The minimum absolute atomic E-state index is 0.145. The van der Waals surface area contributed by atoms with Crippen LogP contribution in [0.4, 0.5) is 5.69 Å². The predicted molar refractivity (Wildman–Crippen MR) is 121 cm³/mol. The minimum Gasteiger partial charge on any atom is -0.320 e. The lowest BCUT2D eigenvalue weighted by Gasteiger charge is -2.19. The average molecular weight is 482 g/mol. The van der Waals surface area contributed by atoms with Gasteiger partial charge in [0.25, 0.3) is 5.91 Å². The molecule has 0 unspecified atom stereocenters. The lowest BCUT2D eigenvalue weighted by molar-refractivity contribution is -0.112. The smallest absolute Gasteiger partial charge is 0.262 e. The van der Waals surface area contributed by atoms with Crippen LogP contribution in [0.2, 0.25) is 10.0 Å². The Kier molecular flexibility index (Phi) is 5.77. The maximum absolute atomic E-state index is 13.0. The lowest BCUT2D eigenvalue weighted by atomic mass is 10.2. The van der Waals surface area contributed by atoms with Crippen LogP contribution in [0, 0.1) is 0 Å². The number of carbonyl (C=O) groups excluding carboxylic acids is 1. The van der Waals surface area contributed by atoms with Crippen molar-refractivity contribution in [1.82, 2.24) is 0 Å². The Hall–Kier alpha value is -1.77. The van der Waals surface area contributed by atoms with Crippen LogP contribution in [0.1, 0.15) is 10.4 Å². The summed E-state index contributed by atoms with van der Waals surface area (Å²) in [5.74, 6) is -0.520. The van der Waals surface area contributed by atoms with Crippen LogP contribution in [0.3, 0.4) is 0 Å². The predicted octanol–water partition coefficient (Wildman–Crippen LogP) is 6.11. The van der Waals surface area contributed by atoms with Gasteiger partial charge in [-0.3, -0.25) is 4.79 Å². The molecule has 0 spiro atoms. The third-order valence-electron chi connectivity index (χ3n) is 4.22. The molecule has 9 heteroatoms. The molecule has 4 nitrogen and oxygen atoms in total. The van der Waals surface area contributed by atoms with Crippen molar-refractivity contribution in [3.63, 3.8) is 0 Å². The third-order valence-corrected chi connectivity index (χ3v) is 8.47. The maximum atomic E-state index is 13.0. The Balaban J connectivity index is 1.67. The summed E-state index contributed by atoms with van der Waals surface area (Å²) in [6, 6.07) is 13.4. The van der Waals surface area contributed by atoms with Crippen molar-refractivity contribution in [2.24, 2.45) is 0 Å². The molecule has 0 saturated carbocycles. The number of carbonyl (C=O) groups is 1. The molecule has 0 atom stereocenters. The summed E-state index contributed by atoms with van der Waals surface area (Å²) in [6.45, 7) is 0. The van der Waals surface area contributed by atoms with Crippen molar-refractivity contribution >= 4 is 73.8 Å². The van der Waals surface area contributed by atoms with Gasteiger partial charge in [-0.2, -0.15) is 0 Å². The van der Waals surface area contributed by atoms with Gasteiger partial charge in [0.2, 0.25) is 0 Å². The fraction of sp³-hybridized carbons (Fsp3) is 0.0500. The van der Waals surface area contributed by atoms with E-state index in [9.17, 15) is 13.2 Å². The summed E-state index contributed by atoms with van der Waals surface area (Å²) < 4.78 is 25.9. The van der Waals surface area contributed by atoms with Crippen molar-refractivity contribution in [2.45, 2.75) is 15.5 Å². The first-order valence-corrected chi connectivity index (χ1v) is 12.5. The second-order valence-electron chi connectivity index (χ2n) is 6.20. The number of nitrogens with one attached hydrogen (secondary N) is 1. The van der Waals surface area contributed by atoms with Crippen LogP contribution in [-0.4, -0.2) is 14.3 Å². The Morgan fingerprint density at radius 3 is 2.48 bits per heavy atom. The summed E-state index contributed by atoms with van der Waals surface area (Å²) in [7, 11) is -3.69. The summed E-state index contributed by atoms with van der Waals surface area (Å²) in [6.07, 6.45) is 1.79. The van der Waals surface area contributed by atoms with Crippen LogP contribution in [-0.2, 0) is 20.4 Å². The molecule has 1 aromatic heterocycles. The first kappa shape index (κ1) is 20.5. The number of thiophene rings is 1. The second-order valence-corrected chi connectivity index (χ2v) is 11.1. The summed E-state index contributed by atoms with van der Waals surface area (Å²) in [5.41, 5.74) is 0.950. The first-order valence-electron chi connectivity index (χ1n) is 8.37.